The smallest absolute Gasteiger partial charge is 0.0715 e. The van der Waals surface area contributed by atoms with Crippen molar-refractivity contribution in [1.29, 1.82) is 0 Å². The van der Waals surface area contributed by atoms with Crippen LogP contribution in [0.5, 0.6) is 0 Å². The predicted molar refractivity (Wildman–Crippen MR) is 84.0 cm³/mol. The van der Waals surface area contributed by atoms with Crippen molar-refractivity contribution in [2.24, 2.45) is 0 Å². The van der Waals surface area contributed by atoms with Crippen LogP contribution in [0.15, 0.2) is 35.5 Å². The minimum Gasteiger partial charge on any atom is -0.377 e. The minimum absolute atomic E-state index is 0.585. The summed E-state index contributed by atoms with van der Waals surface area (Å²) in [5.41, 5.74) is 2.45. The van der Waals surface area contributed by atoms with Crippen LogP contribution in [0.25, 0.3) is 0 Å². The molecule has 0 spiro atoms. The maximum atomic E-state index is 5.63. The number of rotatable bonds is 0. The molecule has 0 saturated carbocycles. The Morgan fingerprint density at radius 1 is 0.636 bits per heavy atom. The van der Waals surface area contributed by atoms with Gasteiger partial charge in [0.2, 0.25) is 0 Å². The van der Waals surface area contributed by atoms with E-state index in [1.807, 2.05) is 0 Å². The fraction of sp³-hybridized carbons (Fsp3) is 0.647. The van der Waals surface area contributed by atoms with E-state index < -0.39 is 0 Å². The Balaban J connectivity index is 1.76. The van der Waals surface area contributed by atoms with Crippen LogP contribution >= 0.6 is 0 Å². The first-order valence-electron chi connectivity index (χ1n) is 7.89. The number of allylic oxidation sites excluding steroid dienone is 3. The van der Waals surface area contributed by atoms with Gasteiger partial charge in [-0.2, -0.15) is 0 Å². The molecular weight excluding hydrogens is 284 g/mol. The van der Waals surface area contributed by atoms with Gasteiger partial charge in [-0.3, -0.25) is 0 Å². The molecule has 5 heteroatoms. The largest absolute Gasteiger partial charge is 0.377 e. The lowest BCUT2D eigenvalue weighted by atomic mass is 10.1. The first-order chi connectivity index (χ1) is 10.9. The number of ether oxygens (including phenoxy) is 5. The molecule has 0 unspecified atom stereocenters. The summed E-state index contributed by atoms with van der Waals surface area (Å²) in [6.45, 7) is 5.99. The van der Waals surface area contributed by atoms with Gasteiger partial charge >= 0.3 is 0 Å². The third-order valence-corrected chi connectivity index (χ3v) is 3.31. The van der Waals surface area contributed by atoms with Crippen LogP contribution in [0, 0.1) is 0 Å². The van der Waals surface area contributed by atoms with Gasteiger partial charge in [-0.25, -0.2) is 0 Å². The zero-order valence-electron chi connectivity index (χ0n) is 13.1. The first kappa shape index (κ1) is 17.4. The van der Waals surface area contributed by atoms with Crippen molar-refractivity contribution in [3.8, 4) is 0 Å². The summed E-state index contributed by atoms with van der Waals surface area (Å²) in [4.78, 5) is 0. The lowest BCUT2D eigenvalue weighted by Gasteiger charge is -2.08. The van der Waals surface area contributed by atoms with E-state index in [-0.39, 0.29) is 0 Å². The Morgan fingerprint density at radius 3 is 1.82 bits per heavy atom. The molecule has 0 N–H and O–H groups in total. The quantitative estimate of drug-likeness (QED) is 0.684. The summed E-state index contributed by atoms with van der Waals surface area (Å²) >= 11 is 0. The second-order valence-electron chi connectivity index (χ2n) is 5.11. The van der Waals surface area contributed by atoms with E-state index in [0.717, 1.165) is 6.42 Å². The van der Waals surface area contributed by atoms with Gasteiger partial charge in [-0.1, -0.05) is 24.3 Å². The Morgan fingerprint density at radius 2 is 1.18 bits per heavy atom. The number of fused-ring (bicyclic) bond motifs is 2. The summed E-state index contributed by atoms with van der Waals surface area (Å²) < 4.78 is 27.5. The van der Waals surface area contributed by atoms with Crippen molar-refractivity contribution in [1.82, 2.24) is 0 Å². The summed E-state index contributed by atoms with van der Waals surface area (Å²) in [6, 6.07) is 0. The zero-order valence-corrected chi connectivity index (χ0v) is 13.1. The van der Waals surface area contributed by atoms with Crippen LogP contribution in [-0.4, -0.2) is 66.1 Å². The third kappa shape index (κ3) is 7.87. The molecule has 1 heterocycles. The van der Waals surface area contributed by atoms with Gasteiger partial charge < -0.3 is 23.7 Å². The number of hydrogen-bond acceptors (Lipinski definition) is 5. The Bertz CT molecular complexity index is 387. The third-order valence-electron chi connectivity index (χ3n) is 3.31. The lowest BCUT2D eigenvalue weighted by molar-refractivity contribution is -0.00805. The second kappa shape index (κ2) is 11.6. The monoisotopic (exact) mass is 310 g/mol. The van der Waals surface area contributed by atoms with Crippen molar-refractivity contribution >= 4 is 0 Å². The topological polar surface area (TPSA) is 46.2 Å². The van der Waals surface area contributed by atoms with E-state index in [2.05, 4.69) is 24.3 Å². The molecule has 0 aromatic heterocycles. The summed E-state index contributed by atoms with van der Waals surface area (Å²) in [5, 5.41) is 0. The minimum atomic E-state index is 0.585. The van der Waals surface area contributed by atoms with Gasteiger partial charge in [-0.05, 0) is 17.6 Å². The summed E-state index contributed by atoms with van der Waals surface area (Å²) in [5.74, 6) is 0. The molecule has 22 heavy (non-hydrogen) atoms. The average molecular weight is 310 g/mol. The van der Waals surface area contributed by atoms with Crippen LogP contribution in [0.1, 0.15) is 6.42 Å². The van der Waals surface area contributed by atoms with Crippen LogP contribution in [0.2, 0.25) is 0 Å². The van der Waals surface area contributed by atoms with Crippen molar-refractivity contribution in [3.05, 3.63) is 35.5 Å². The van der Waals surface area contributed by atoms with E-state index in [0.29, 0.717) is 66.1 Å². The molecule has 2 bridgehead atoms. The predicted octanol–water partition coefficient (Wildman–Crippen LogP) is 1.90. The van der Waals surface area contributed by atoms with Gasteiger partial charge in [0.15, 0.2) is 0 Å². The summed E-state index contributed by atoms with van der Waals surface area (Å²) in [7, 11) is 0. The maximum Gasteiger partial charge on any atom is 0.0715 e. The van der Waals surface area contributed by atoms with Crippen molar-refractivity contribution < 1.29 is 23.7 Å². The molecule has 0 atom stereocenters. The molecule has 2 aliphatic rings. The molecule has 1 aliphatic heterocycles. The highest BCUT2D eigenvalue weighted by atomic mass is 16.6. The van der Waals surface area contributed by atoms with E-state index in [9.17, 15) is 0 Å². The number of hydrogen-bond donors (Lipinski definition) is 0. The zero-order chi connectivity index (χ0) is 15.3. The first-order valence-corrected chi connectivity index (χ1v) is 7.89. The van der Waals surface area contributed by atoms with Crippen molar-refractivity contribution in [2.45, 2.75) is 6.42 Å². The molecule has 124 valence electrons. The molecule has 1 aliphatic carbocycles. The van der Waals surface area contributed by atoms with Gasteiger partial charge in [0.25, 0.3) is 0 Å². The SMILES string of the molecule is C1=CC2=CCC(=C1)COCCOCCOCCOCCOC2. The van der Waals surface area contributed by atoms with Crippen LogP contribution < -0.4 is 0 Å². The van der Waals surface area contributed by atoms with E-state index in [1.165, 1.54) is 11.1 Å². The molecule has 0 fully saturated rings. The Kier molecular flexibility index (Phi) is 9.14. The van der Waals surface area contributed by atoms with Gasteiger partial charge in [0.1, 0.15) is 0 Å². The highest BCUT2D eigenvalue weighted by molar-refractivity contribution is 5.30. The highest BCUT2D eigenvalue weighted by Crippen LogP contribution is 2.12. The average Bonchev–Trinajstić information content (AvgIpc) is 2.76. The molecule has 0 aromatic carbocycles. The normalized spacial score (nSPS) is 23.6. The lowest BCUT2D eigenvalue weighted by Crippen LogP contribution is -2.13. The fourth-order valence-corrected chi connectivity index (χ4v) is 2.09. The molecule has 0 saturated heterocycles. The summed E-state index contributed by atoms with van der Waals surface area (Å²) in [6.07, 6.45) is 9.35. The molecule has 0 aromatic rings. The fourth-order valence-electron chi connectivity index (χ4n) is 2.09. The van der Waals surface area contributed by atoms with Crippen LogP contribution in [-0.2, 0) is 23.7 Å². The van der Waals surface area contributed by atoms with Crippen molar-refractivity contribution in [3.63, 3.8) is 0 Å². The Hall–Kier alpha value is -0.980. The van der Waals surface area contributed by atoms with Crippen LogP contribution in [0.3, 0.4) is 0 Å². The van der Waals surface area contributed by atoms with Crippen molar-refractivity contribution in [2.75, 3.05) is 66.1 Å². The van der Waals surface area contributed by atoms with E-state index >= 15 is 0 Å². The molecule has 0 amide bonds. The molecule has 0 radical (unpaired) electrons. The molecule has 5 nitrogen and oxygen atoms in total. The van der Waals surface area contributed by atoms with E-state index in [4.69, 9.17) is 23.7 Å². The molecule has 2 rings (SSSR count). The standard InChI is InChI=1S/C17H26O5/c1-2-16-4-5-17(3-1)15-22-13-11-20-9-7-18-6-8-19-10-12-21-14-16/h1-4H,5-15H2. The highest BCUT2D eigenvalue weighted by Gasteiger charge is 2.02. The van der Waals surface area contributed by atoms with Crippen LogP contribution in [0.4, 0.5) is 0 Å². The maximum absolute atomic E-state index is 5.63. The Labute approximate surface area is 132 Å². The van der Waals surface area contributed by atoms with Gasteiger partial charge in [0, 0.05) is 0 Å². The van der Waals surface area contributed by atoms with E-state index in [1.54, 1.807) is 0 Å². The van der Waals surface area contributed by atoms with Gasteiger partial charge in [0.05, 0.1) is 66.1 Å². The van der Waals surface area contributed by atoms with Gasteiger partial charge in [-0.15, -0.1) is 0 Å². The molecular formula is C17H26O5. The second-order valence-corrected chi connectivity index (χ2v) is 5.11.